The molecule has 1 fully saturated rings. The van der Waals surface area contributed by atoms with Crippen molar-refractivity contribution >= 4 is 29.7 Å². The second-order valence-corrected chi connectivity index (χ2v) is 8.27. The lowest BCUT2D eigenvalue weighted by Gasteiger charge is -2.26. The number of benzene rings is 1. The fraction of sp³-hybridized carbons (Fsp3) is 0.304. The van der Waals surface area contributed by atoms with E-state index in [0.717, 1.165) is 31.0 Å². The Morgan fingerprint density at radius 1 is 1.11 bits per heavy atom. The highest BCUT2D eigenvalue weighted by molar-refractivity contribution is 6.07. The van der Waals surface area contributed by atoms with Gasteiger partial charge in [-0.2, -0.15) is 18.2 Å². The quantitative estimate of drug-likeness (QED) is 0.396. The molecule has 0 radical (unpaired) electrons. The van der Waals surface area contributed by atoms with Crippen LogP contribution in [-0.4, -0.2) is 33.0 Å². The second-order valence-electron chi connectivity index (χ2n) is 8.27. The van der Waals surface area contributed by atoms with Gasteiger partial charge in [-0.05, 0) is 43.9 Å². The number of carbonyl (C=O) groups excluding carboxylic acids is 1. The predicted octanol–water partition coefficient (Wildman–Crippen LogP) is 4.74. The molecule has 0 spiro atoms. The van der Waals surface area contributed by atoms with Gasteiger partial charge in [0.2, 0.25) is 5.88 Å². The number of ether oxygens (including phenoxy) is 1. The van der Waals surface area contributed by atoms with E-state index in [0.29, 0.717) is 18.9 Å². The Labute approximate surface area is 214 Å². The van der Waals surface area contributed by atoms with E-state index in [2.05, 4.69) is 20.3 Å². The third-order valence-corrected chi connectivity index (χ3v) is 5.69. The van der Waals surface area contributed by atoms with E-state index < -0.39 is 51.9 Å². The van der Waals surface area contributed by atoms with Crippen molar-refractivity contribution in [3.8, 4) is 17.1 Å². The molecule has 1 aliphatic rings. The fourth-order valence-corrected chi connectivity index (χ4v) is 3.89. The summed E-state index contributed by atoms with van der Waals surface area (Å²) in [6, 6.07) is 3.03. The molecule has 3 aromatic rings. The van der Waals surface area contributed by atoms with Gasteiger partial charge in [0, 0.05) is 6.04 Å². The van der Waals surface area contributed by atoms with Crippen LogP contribution < -0.4 is 21.5 Å². The number of nitrogens with two attached hydrogens (primary N) is 2. The molecule has 1 aliphatic carbocycles. The Bertz CT molecular complexity index is 1260. The first kappa shape index (κ1) is 28.0. The van der Waals surface area contributed by atoms with Crippen LogP contribution in [0.15, 0.2) is 36.8 Å². The largest absolute Gasteiger partial charge is 0.473 e. The summed E-state index contributed by atoms with van der Waals surface area (Å²) < 4.78 is 75.6. The topological polar surface area (TPSA) is 129 Å². The normalized spacial score (nSPS) is 17.6. The minimum atomic E-state index is -5.06. The van der Waals surface area contributed by atoms with Crippen LogP contribution in [0, 0.1) is 11.6 Å². The van der Waals surface area contributed by atoms with E-state index in [-0.39, 0.29) is 36.1 Å². The van der Waals surface area contributed by atoms with Crippen molar-refractivity contribution in [2.45, 2.75) is 44.0 Å². The number of hydrogen-bond acceptors (Lipinski definition) is 7. The molecular weight excluding hydrogens is 523 g/mol. The van der Waals surface area contributed by atoms with Gasteiger partial charge >= 0.3 is 6.18 Å². The summed E-state index contributed by atoms with van der Waals surface area (Å²) in [5.74, 6) is -3.60. The molecule has 1 aromatic carbocycles. The summed E-state index contributed by atoms with van der Waals surface area (Å²) in [5, 5.41) is 2.41. The minimum absolute atomic E-state index is 0. The number of halogens is 6. The maximum absolute atomic E-state index is 14.4. The lowest BCUT2D eigenvalue weighted by atomic mass is 9.94. The highest BCUT2D eigenvalue weighted by atomic mass is 35.5. The highest BCUT2D eigenvalue weighted by Gasteiger charge is 2.37. The molecule has 5 N–H and O–H groups in total. The van der Waals surface area contributed by atoms with Gasteiger partial charge in [-0.3, -0.25) is 4.79 Å². The van der Waals surface area contributed by atoms with E-state index in [1.54, 1.807) is 0 Å². The Kier molecular flexibility index (Phi) is 8.49. The van der Waals surface area contributed by atoms with E-state index in [9.17, 15) is 26.7 Å². The molecular formula is C23H22ClF5N6O2. The van der Waals surface area contributed by atoms with E-state index >= 15 is 0 Å². The minimum Gasteiger partial charge on any atom is -0.473 e. The van der Waals surface area contributed by atoms with Crippen molar-refractivity contribution in [2.24, 2.45) is 5.73 Å². The number of amides is 1. The van der Waals surface area contributed by atoms with Gasteiger partial charge in [0.05, 0.1) is 28.7 Å². The number of nitrogens with one attached hydrogen (secondary N) is 1. The number of nitrogen functional groups attached to an aromatic ring is 1. The molecule has 4 rings (SSSR count). The predicted molar refractivity (Wildman–Crippen MR) is 127 cm³/mol. The first-order valence-corrected chi connectivity index (χ1v) is 10.9. The smallest absolute Gasteiger partial charge is 0.418 e. The van der Waals surface area contributed by atoms with Crippen LogP contribution in [0.2, 0.25) is 0 Å². The lowest BCUT2D eigenvalue weighted by Crippen LogP contribution is -2.32. The summed E-state index contributed by atoms with van der Waals surface area (Å²) in [5.41, 5.74) is 6.64. The monoisotopic (exact) mass is 544 g/mol. The van der Waals surface area contributed by atoms with Crippen LogP contribution in [-0.2, 0) is 6.18 Å². The van der Waals surface area contributed by atoms with Crippen LogP contribution in [0.1, 0.15) is 41.7 Å². The summed E-state index contributed by atoms with van der Waals surface area (Å²) in [4.78, 5) is 24.5. The number of alkyl halides is 3. The average molecular weight is 545 g/mol. The van der Waals surface area contributed by atoms with Crippen LogP contribution in [0.25, 0.3) is 11.3 Å². The Morgan fingerprint density at radius 2 is 1.76 bits per heavy atom. The molecule has 0 atom stereocenters. The third kappa shape index (κ3) is 6.23. The molecule has 37 heavy (non-hydrogen) atoms. The van der Waals surface area contributed by atoms with Crippen molar-refractivity contribution in [2.75, 3.05) is 11.1 Å². The maximum Gasteiger partial charge on any atom is 0.418 e. The van der Waals surface area contributed by atoms with Gasteiger partial charge in [-0.1, -0.05) is 6.07 Å². The van der Waals surface area contributed by atoms with Crippen molar-refractivity contribution in [3.63, 3.8) is 0 Å². The molecule has 1 amide bonds. The number of aromatic nitrogens is 3. The maximum atomic E-state index is 14.4. The SMILES string of the molecule is Cl.Nc1cc(C(F)(F)F)c(-c2c(F)cccc2F)nc1C(=O)Nc1cncnc1OC1CCC(N)CC1. The molecule has 8 nitrogen and oxygen atoms in total. The van der Waals surface area contributed by atoms with Gasteiger partial charge in [0.15, 0.2) is 5.69 Å². The fourth-order valence-electron chi connectivity index (χ4n) is 3.89. The molecule has 0 unspecified atom stereocenters. The standard InChI is InChI=1S/C23H21F5N6O2.ClH/c24-14-2-1-3-15(25)18(14)19-13(23(26,27)28)8-16(30)20(34-19)21(35)33-17-9-31-10-32-22(17)36-12-6-4-11(29)5-7-12;/h1-3,8-12H,4-7,29-30H2,(H,33,35);1H. The van der Waals surface area contributed by atoms with Crippen LogP contribution in [0.3, 0.4) is 0 Å². The van der Waals surface area contributed by atoms with Gasteiger partial charge in [0.25, 0.3) is 5.91 Å². The zero-order chi connectivity index (χ0) is 26.0. The molecule has 2 heterocycles. The molecule has 1 saturated carbocycles. The van der Waals surface area contributed by atoms with Crippen molar-refractivity contribution in [1.29, 1.82) is 0 Å². The molecule has 14 heteroatoms. The van der Waals surface area contributed by atoms with Gasteiger partial charge in [-0.25, -0.2) is 18.7 Å². The van der Waals surface area contributed by atoms with Crippen LogP contribution >= 0.6 is 12.4 Å². The molecule has 0 bridgehead atoms. The average Bonchev–Trinajstić information content (AvgIpc) is 2.81. The number of pyridine rings is 1. The third-order valence-electron chi connectivity index (χ3n) is 5.69. The summed E-state index contributed by atoms with van der Waals surface area (Å²) in [7, 11) is 0. The van der Waals surface area contributed by atoms with Crippen molar-refractivity contribution in [1.82, 2.24) is 15.0 Å². The zero-order valence-corrected chi connectivity index (χ0v) is 19.9. The number of nitrogens with zero attached hydrogens (tertiary/aromatic N) is 3. The Hall–Kier alpha value is -3.58. The van der Waals surface area contributed by atoms with Gasteiger partial charge in [0.1, 0.15) is 29.8 Å². The van der Waals surface area contributed by atoms with Crippen LogP contribution in [0.5, 0.6) is 5.88 Å². The number of rotatable bonds is 5. The van der Waals surface area contributed by atoms with E-state index in [4.69, 9.17) is 16.2 Å². The first-order valence-electron chi connectivity index (χ1n) is 10.9. The van der Waals surface area contributed by atoms with E-state index in [1.165, 1.54) is 12.5 Å². The summed E-state index contributed by atoms with van der Waals surface area (Å²) >= 11 is 0. The molecule has 2 aromatic heterocycles. The van der Waals surface area contributed by atoms with Gasteiger partial charge in [-0.15, -0.1) is 12.4 Å². The highest BCUT2D eigenvalue weighted by Crippen LogP contribution is 2.39. The Balaban J connectivity index is 0.00000380. The van der Waals surface area contributed by atoms with E-state index in [1.807, 2.05) is 0 Å². The van der Waals surface area contributed by atoms with Crippen molar-refractivity contribution < 1.29 is 31.5 Å². The number of anilines is 2. The first-order chi connectivity index (χ1) is 17.0. The van der Waals surface area contributed by atoms with Gasteiger partial charge < -0.3 is 21.5 Å². The lowest BCUT2D eigenvalue weighted by molar-refractivity contribution is -0.137. The summed E-state index contributed by atoms with van der Waals surface area (Å²) in [6.07, 6.45) is -0.00217. The molecule has 0 aliphatic heterocycles. The number of hydrogen-bond donors (Lipinski definition) is 3. The van der Waals surface area contributed by atoms with Crippen molar-refractivity contribution in [3.05, 3.63) is 59.7 Å². The number of carbonyl (C=O) groups is 1. The molecule has 198 valence electrons. The summed E-state index contributed by atoms with van der Waals surface area (Å²) in [6.45, 7) is 0. The molecule has 0 saturated heterocycles. The van der Waals surface area contributed by atoms with Crippen LogP contribution in [0.4, 0.5) is 33.3 Å². The second kappa shape index (κ2) is 11.2. The Morgan fingerprint density at radius 3 is 2.38 bits per heavy atom. The zero-order valence-electron chi connectivity index (χ0n) is 19.1.